The Morgan fingerprint density at radius 3 is 1.54 bits per heavy atom. The van der Waals surface area contributed by atoms with Gasteiger partial charge in [-0.15, -0.1) is 0 Å². The van der Waals surface area contributed by atoms with Crippen LogP contribution >= 0.6 is 7.82 Å². The molecule has 0 aliphatic rings. The summed E-state index contributed by atoms with van der Waals surface area (Å²) in [6.07, 6.45) is 53.4. The zero-order valence-corrected chi connectivity index (χ0v) is 37.9. The number of nitrogens with zero attached hydrogens (tertiary/aromatic N) is 1. The van der Waals surface area contributed by atoms with Gasteiger partial charge in [0, 0.05) is 13.0 Å². The molecule has 2 atom stereocenters. The summed E-state index contributed by atoms with van der Waals surface area (Å²) in [4.78, 5) is 22.9. The third-order valence-electron chi connectivity index (χ3n) is 8.94. The van der Waals surface area contributed by atoms with Crippen molar-refractivity contribution in [1.29, 1.82) is 0 Å². The predicted molar refractivity (Wildman–Crippen MR) is 242 cm³/mol. The fourth-order valence-electron chi connectivity index (χ4n) is 5.49. The first-order valence-corrected chi connectivity index (χ1v) is 23.8. The lowest BCUT2D eigenvalue weighted by molar-refractivity contribution is -0.870. The van der Waals surface area contributed by atoms with E-state index in [1.165, 1.54) is 38.5 Å². The van der Waals surface area contributed by atoms with Crippen LogP contribution in [0, 0.1) is 0 Å². The molecular formula is C48H85NO7P+. The quantitative estimate of drug-likeness (QED) is 0.0216. The van der Waals surface area contributed by atoms with E-state index in [9.17, 15) is 14.3 Å². The zero-order valence-electron chi connectivity index (χ0n) is 37.0. The van der Waals surface area contributed by atoms with Crippen molar-refractivity contribution >= 4 is 13.8 Å². The van der Waals surface area contributed by atoms with Crippen molar-refractivity contribution in [2.24, 2.45) is 0 Å². The van der Waals surface area contributed by atoms with E-state index in [-0.39, 0.29) is 25.8 Å². The highest BCUT2D eigenvalue weighted by Gasteiger charge is 2.26. The van der Waals surface area contributed by atoms with Crippen molar-refractivity contribution < 1.29 is 37.3 Å². The first-order valence-electron chi connectivity index (χ1n) is 22.3. The second-order valence-electron chi connectivity index (χ2n) is 15.7. The van der Waals surface area contributed by atoms with Gasteiger partial charge in [-0.25, -0.2) is 4.57 Å². The molecular weight excluding hydrogens is 734 g/mol. The average Bonchev–Trinajstić information content (AvgIpc) is 3.16. The van der Waals surface area contributed by atoms with Gasteiger partial charge in [0.2, 0.25) is 0 Å². The third-order valence-corrected chi connectivity index (χ3v) is 9.92. The number of allylic oxidation sites excluding steroid dienone is 14. The van der Waals surface area contributed by atoms with Crippen molar-refractivity contribution in [2.45, 2.75) is 161 Å². The monoisotopic (exact) mass is 819 g/mol. The van der Waals surface area contributed by atoms with Gasteiger partial charge < -0.3 is 18.9 Å². The predicted octanol–water partition coefficient (Wildman–Crippen LogP) is 13.3. The molecule has 0 aliphatic heterocycles. The summed E-state index contributed by atoms with van der Waals surface area (Å²) in [6.45, 7) is 5.37. The number of carbonyl (C=O) groups is 1. The second-order valence-corrected chi connectivity index (χ2v) is 17.1. The Labute approximate surface area is 350 Å². The Morgan fingerprint density at radius 2 is 1.02 bits per heavy atom. The summed E-state index contributed by atoms with van der Waals surface area (Å²) in [5.74, 6) is -0.340. The Morgan fingerprint density at radius 1 is 0.561 bits per heavy atom. The summed E-state index contributed by atoms with van der Waals surface area (Å²) in [5, 5.41) is 0. The van der Waals surface area contributed by atoms with Crippen LogP contribution in [0.3, 0.4) is 0 Å². The molecule has 0 rings (SSSR count). The van der Waals surface area contributed by atoms with Gasteiger partial charge in [0.05, 0.1) is 34.4 Å². The van der Waals surface area contributed by atoms with Gasteiger partial charge in [-0.1, -0.05) is 144 Å². The molecule has 0 bridgehead atoms. The van der Waals surface area contributed by atoms with Crippen molar-refractivity contribution in [3.63, 3.8) is 0 Å². The number of carbonyl (C=O) groups excluding carboxylic acids is 1. The maximum atomic E-state index is 12.7. The largest absolute Gasteiger partial charge is 0.472 e. The lowest BCUT2D eigenvalue weighted by atomic mass is 10.1. The Bertz CT molecular complexity index is 1180. The number of phosphoric ester groups is 1. The van der Waals surface area contributed by atoms with E-state index >= 15 is 0 Å². The van der Waals surface area contributed by atoms with Gasteiger partial charge in [-0.3, -0.25) is 13.8 Å². The molecule has 2 unspecified atom stereocenters. The number of quaternary nitrogens is 1. The van der Waals surface area contributed by atoms with Crippen molar-refractivity contribution in [3.05, 3.63) is 85.1 Å². The van der Waals surface area contributed by atoms with E-state index in [1.807, 2.05) is 21.1 Å². The molecule has 0 aromatic rings. The minimum Gasteiger partial charge on any atom is -0.457 e. The van der Waals surface area contributed by atoms with E-state index in [0.717, 1.165) is 96.3 Å². The number of esters is 1. The maximum Gasteiger partial charge on any atom is 0.472 e. The van der Waals surface area contributed by atoms with Gasteiger partial charge in [0.25, 0.3) is 0 Å². The van der Waals surface area contributed by atoms with Crippen LogP contribution in [-0.4, -0.2) is 75.6 Å². The average molecular weight is 819 g/mol. The highest BCUT2D eigenvalue weighted by atomic mass is 31.2. The molecule has 328 valence electrons. The number of rotatable bonds is 40. The van der Waals surface area contributed by atoms with Crippen molar-refractivity contribution in [2.75, 3.05) is 54.1 Å². The zero-order chi connectivity index (χ0) is 42.0. The van der Waals surface area contributed by atoms with Crippen LogP contribution in [-0.2, 0) is 27.9 Å². The summed E-state index contributed by atoms with van der Waals surface area (Å²) in [5.41, 5.74) is 0. The molecule has 0 spiro atoms. The van der Waals surface area contributed by atoms with Crippen LogP contribution in [0.15, 0.2) is 85.1 Å². The number of likely N-dealkylation sites (N-methyl/N-ethyl adjacent to an activating group) is 1. The van der Waals surface area contributed by atoms with Gasteiger partial charge in [0.15, 0.2) is 0 Å². The van der Waals surface area contributed by atoms with Gasteiger partial charge in [0.1, 0.15) is 19.3 Å². The highest BCUT2D eigenvalue weighted by Crippen LogP contribution is 2.43. The molecule has 9 heteroatoms. The molecule has 1 N–H and O–H groups in total. The molecule has 0 saturated heterocycles. The molecule has 0 amide bonds. The normalized spacial score (nSPS) is 14.6. The van der Waals surface area contributed by atoms with Crippen molar-refractivity contribution in [3.8, 4) is 0 Å². The summed E-state index contributed by atoms with van der Waals surface area (Å²) in [6, 6.07) is 0. The first-order chi connectivity index (χ1) is 27.6. The fraction of sp³-hybridized carbons (Fsp3) is 0.688. The van der Waals surface area contributed by atoms with Crippen LogP contribution in [0.4, 0.5) is 0 Å². The Balaban J connectivity index is 4.31. The molecule has 0 fully saturated rings. The number of ether oxygens (including phenoxy) is 2. The number of phosphoric acid groups is 1. The van der Waals surface area contributed by atoms with Crippen LogP contribution in [0.25, 0.3) is 0 Å². The molecule has 8 nitrogen and oxygen atoms in total. The lowest BCUT2D eigenvalue weighted by Crippen LogP contribution is -2.37. The van der Waals surface area contributed by atoms with E-state index < -0.39 is 13.9 Å². The molecule has 0 saturated carbocycles. The number of hydrogen-bond acceptors (Lipinski definition) is 6. The van der Waals surface area contributed by atoms with Gasteiger partial charge >= 0.3 is 13.8 Å². The topological polar surface area (TPSA) is 91.3 Å². The second kappa shape index (κ2) is 40.5. The minimum atomic E-state index is -4.29. The number of hydrogen-bond donors (Lipinski definition) is 1. The smallest absolute Gasteiger partial charge is 0.457 e. The molecule has 57 heavy (non-hydrogen) atoms. The Kier molecular flexibility index (Phi) is 38.8. The van der Waals surface area contributed by atoms with Crippen molar-refractivity contribution in [1.82, 2.24) is 0 Å². The fourth-order valence-corrected chi connectivity index (χ4v) is 6.23. The highest BCUT2D eigenvalue weighted by molar-refractivity contribution is 7.47. The number of unbranched alkanes of at least 4 members (excludes halogenated alkanes) is 12. The van der Waals surface area contributed by atoms with Crippen LogP contribution in [0.2, 0.25) is 0 Å². The third kappa shape index (κ3) is 44.6. The molecule has 0 aliphatic carbocycles. The summed E-state index contributed by atoms with van der Waals surface area (Å²) < 4.78 is 34.9. The standard InChI is InChI=1S/C48H84NO7P/c1-6-8-10-12-14-16-18-20-21-22-23-24-25-26-27-28-30-32-34-36-38-40-43-53-45-47(46-55-57(51,52)54-44-42-49(3,4)5)56-48(50)41-39-37-35-33-31-29-19-17-15-13-11-9-7-2/h8,10,14,16-17,19-21,23-24,26-27,30,32,47H,6-7,9,11-13,15,18,22,25,28-29,31,33-46H2,1-5H3/p+1/b10-8-,16-14-,19-17-,21-20-,24-23-,27-26-,32-30-. The lowest BCUT2D eigenvalue weighted by Gasteiger charge is -2.24. The van der Waals surface area contributed by atoms with E-state index in [1.54, 1.807) is 0 Å². The summed E-state index contributed by atoms with van der Waals surface area (Å²) >= 11 is 0. The van der Waals surface area contributed by atoms with E-state index in [2.05, 4.69) is 98.9 Å². The minimum absolute atomic E-state index is 0.0755. The van der Waals surface area contributed by atoms with Crippen LogP contribution < -0.4 is 0 Å². The van der Waals surface area contributed by atoms with Gasteiger partial charge in [-0.2, -0.15) is 0 Å². The molecule has 0 aromatic heterocycles. The van der Waals surface area contributed by atoms with Gasteiger partial charge in [-0.05, 0) is 89.9 Å². The first kappa shape index (κ1) is 54.7. The molecule has 0 radical (unpaired) electrons. The Hall–Kier alpha value is -2.32. The maximum absolute atomic E-state index is 12.7. The van der Waals surface area contributed by atoms with E-state index in [0.29, 0.717) is 24.1 Å². The molecule has 0 aromatic carbocycles. The molecule has 0 heterocycles. The SMILES string of the molecule is CC/C=C\C/C=C\C/C=C\C/C=C\C/C=C\C/C=C\CCCCCOCC(COP(=O)(O)OCC[N+](C)(C)C)OC(=O)CCCCCCC/C=C\CCCCCC. The van der Waals surface area contributed by atoms with E-state index in [4.69, 9.17) is 18.5 Å². The van der Waals surface area contributed by atoms with Crippen LogP contribution in [0.1, 0.15) is 155 Å². The van der Waals surface area contributed by atoms with Crippen LogP contribution in [0.5, 0.6) is 0 Å². The summed E-state index contributed by atoms with van der Waals surface area (Å²) in [7, 11) is 1.62.